The summed E-state index contributed by atoms with van der Waals surface area (Å²) >= 11 is 5.19. The SMILES string of the molecule is CCc1ccc(OCC(=O)NC(=S)N2CCCC2)cc1. The molecule has 1 saturated heterocycles. The van der Waals surface area contributed by atoms with Gasteiger partial charge in [-0.2, -0.15) is 0 Å². The van der Waals surface area contributed by atoms with E-state index in [9.17, 15) is 4.79 Å². The zero-order valence-electron chi connectivity index (χ0n) is 11.7. The summed E-state index contributed by atoms with van der Waals surface area (Å²) in [6.07, 6.45) is 3.26. The zero-order chi connectivity index (χ0) is 14.4. The monoisotopic (exact) mass is 292 g/mol. The van der Waals surface area contributed by atoms with E-state index in [0.717, 1.165) is 32.4 Å². The summed E-state index contributed by atoms with van der Waals surface area (Å²) in [5.41, 5.74) is 1.25. The van der Waals surface area contributed by atoms with Crippen molar-refractivity contribution in [3.05, 3.63) is 29.8 Å². The summed E-state index contributed by atoms with van der Waals surface area (Å²) in [6, 6.07) is 7.76. The lowest BCUT2D eigenvalue weighted by Gasteiger charge is -2.18. The van der Waals surface area contributed by atoms with E-state index in [0.29, 0.717) is 10.9 Å². The van der Waals surface area contributed by atoms with Crippen LogP contribution in [0.3, 0.4) is 0 Å². The minimum Gasteiger partial charge on any atom is -0.484 e. The lowest BCUT2D eigenvalue weighted by molar-refractivity contribution is -0.121. The van der Waals surface area contributed by atoms with Crippen LogP contribution in [-0.4, -0.2) is 35.6 Å². The number of thiocarbonyl (C=S) groups is 1. The van der Waals surface area contributed by atoms with Crippen LogP contribution in [0.5, 0.6) is 5.75 Å². The van der Waals surface area contributed by atoms with E-state index in [-0.39, 0.29) is 12.5 Å². The lowest BCUT2D eigenvalue weighted by atomic mass is 10.2. The summed E-state index contributed by atoms with van der Waals surface area (Å²) in [6.45, 7) is 3.94. The first kappa shape index (κ1) is 14.8. The van der Waals surface area contributed by atoms with Gasteiger partial charge >= 0.3 is 0 Å². The minimum absolute atomic E-state index is 0.0144. The van der Waals surface area contributed by atoms with Crippen molar-refractivity contribution in [2.75, 3.05) is 19.7 Å². The number of hydrogen-bond donors (Lipinski definition) is 1. The Balaban J connectivity index is 1.75. The fraction of sp³-hybridized carbons (Fsp3) is 0.467. The van der Waals surface area contributed by atoms with Crippen molar-refractivity contribution >= 4 is 23.2 Å². The topological polar surface area (TPSA) is 41.6 Å². The predicted molar refractivity (Wildman–Crippen MR) is 82.9 cm³/mol. The molecule has 0 radical (unpaired) electrons. The second-order valence-corrected chi connectivity index (χ2v) is 5.22. The number of rotatable bonds is 4. The Morgan fingerprint density at radius 1 is 1.30 bits per heavy atom. The third-order valence-corrected chi connectivity index (χ3v) is 3.70. The average molecular weight is 292 g/mol. The number of carbonyl (C=O) groups excluding carboxylic acids is 1. The zero-order valence-corrected chi connectivity index (χ0v) is 12.5. The molecule has 1 heterocycles. The predicted octanol–water partition coefficient (Wildman–Crippen LogP) is 2.12. The largest absolute Gasteiger partial charge is 0.484 e. The smallest absolute Gasteiger partial charge is 0.264 e. The molecule has 0 atom stereocenters. The average Bonchev–Trinajstić information content (AvgIpc) is 3.00. The number of aryl methyl sites for hydroxylation is 1. The fourth-order valence-corrected chi connectivity index (χ4v) is 2.42. The summed E-state index contributed by atoms with van der Waals surface area (Å²) < 4.78 is 5.44. The van der Waals surface area contributed by atoms with Gasteiger partial charge in [0.25, 0.3) is 5.91 Å². The molecule has 0 unspecified atom stereocenters. The van der Waals surface area contributed by atoms with Crippen molar-refractivity contribution in [3.8, 4) is 5.75 Å². The summed E-state index contributed by atoms with van der Waals surface area (Å²) in [5.74, 6) is 0.492. The van der Waals surface area contributed by atoms with Crippen LogP contribution in [0, 0.1) is 0 Å². The number of amides is 1. The van der Waals surface area contributed by atoms with Crippen LogP contribution >= 0.6 is 12.2 Å². The van der Waals surface area contributed by atoms with E-state index < -0.39 is 0 Å². The van der Waals surface area contributed by atoms with Crippen molar-refractivity contribution in [1.82, 2.24) is 10.2 Å². The van der Waals surface area contributed by atoms with Crippen LogP contribution in [0.4, 0.5) is 0 Å². The number of hydrogen-bond acceptors (Lipinski definition) is 3. The molecule has 20 heavy (non-hydrogen) atoms. The van der Waals surface area contributed by atoms with Gasteiger partial charge in [-0.05, 0) is 49.2 Å². The molecule has 2 rings (SSSR count). The van der Waals surface area contributed by atoms with Crippen molar-refractivity contribution < 1.29 is 9.53 Å². The van der Waals surface area contributed by atoms with Gasteiger partial charge < -0.3 is 15.0 Å². The van der Waals surface area contributed by atoms with Crippen LogP contribution in [-0.2, 0) is 11.2 Å². The Labute approximate surface area is 125 Å². The third-order valence-electron chi connectivity index (χ3n) is 3.34. The Morgan fingerprint density at radius 3 is 2.55 bits per heavy atom. The Kier molecular flexibility index (Phi) is 5.35. The van der Waals surface area contributed by atoms with Gasteiger partial charge in [0.1, 0.15) is 5.75 Å². The third kappa shape index (κ3) is 4.20. The number of likely N-dealkylation sites (tertiary alicyclic amines) is 1. The first-order valence-corrected chi connectivity index (χ1v) is 7.40. The second-order valence-electron chi connectivity index (χ2n) is 4.83. The van der Waals surface area contributed by atoms with Gasteiger partial charge in [0.2, 0.25) is 0 Å². The molecule has 4 nitrogen and oxygen atoms in total. The van der Waals surface area contributed by atoms with Crippen molar-refractivity contribution in [2.45, 2.75) is 26.2 Å². The molecule has 0 aliphatic carbocycles. The quantitative estimate of drug-likeness (QED) is 0.863. The second kappa shape index (κ2) is 7.24. The normalized spacial score (nSPS) is 14.2. The lowest BCUT2D eigenvalue weighted by Crippen LogP contribution is -2.42. The molecular formula is C15H20N2O2S. The molecule has 1 aromatic rings. The molecule has 5 heteroatoms. The first-order chi connectivity index (χ1) is 9.69. The fourth-order valence-electron chi connectivity index (χ4n) is 2.12. The molecule has 0 aromatic heterocycles. The number of carbonyl (C=O) groups is 1. The molecule has 1 aliphatic heterocycles. The molecule has 0 bridgehead atoms. The Bertz CT molecular complexity index is 467. The van der Waals surface area contributed by atoms with E-state index in [1.807, 2.05) is 29.2 Å². The van der Waals surface area contributed by atoms with Crippen LogP contribution in [0.25, 0.3) is 0 Å². The van der Waals surface area contributed by atoms with E-state index in [1.165, 1.54) is 5.56 Å². The van der Waals surface area contributed by atoms with Gasteiger partial charge in [-0.1, -0.05) is 19.1 Å². The number of nitrogens with one attached hydrogen (secondary N) is 1. The van der Waals surface area contributed by atoms with Crippen LogP contribution in [0.2, 0.25) is 0 Å². The minimum atomic E-state index is -0.207. The molecule has 1 aliphatic rings. The summed E-state index contributed by atoms with van der Waals surface area (Å²) in [4.78, 5) is 13.8. The molecular weight excluding hydrogens is 272 g/mol. The van der Waals surface area contributed by atoms with Gasteiger partial charge in [0, 0.05) is 13.1 Å². The van der Waals surface area contributed by atoms with Crippen molar-refractivity contribution in [1.29, 1.82) is 0 Å². The van der Waals surface area contributed by atoms with Crippen LogP contribution < -0.4 is 10.1 Å². The molecule has 1 aromatic carbocycles. The molecule has 0 saturated carbocycles. The maximum Gasteiger partial charge on any atom is 0.264 e. The molecule has 108 valence electrons. The Hall–Kier alpha value is -1.62. The van der Waals surface area contributed by atoms with Gasteiger partial charge in [-0.15, -0.1) is 0 Å². The van der Waals surface area contributed by atoms with E-state index in [1.54, 1.807) is 0 Å². The van der Waals surface area contributed by atoms with Crippen molar-refractivity contribution in [2.24, 2.45) is 0 Å². The molecule has 1 amide bonds. The number of nitrogens with zero attached hydrogens (tertiary/aromatic N) is 1. The highest BCUT2D eigenvalue weighted by Gasteiger charge is 2.16. The van der Waals surface area contributed by atoms with Crippen molar-refractivity contribution in [3.63, 3.8) is 0 Å². The van der Waals surface area contributed by atoms with E-state index >= 15 is 0 Å². The highest BCUT2D eigenvalue weighted by atomic mass is 32.1. The van der Waals surface area contributed by atoms with Gasteiger partial charge in [-0.3, -0.25) is 4.79 Å². The highest BCUT2D eigenvalue weighted by Crippen LogP contribution is 2.12. The number of ether oxygens (including phenoxy) is 1. The molecule has 0 spiro atoms. The van der Waals surface area contributed by atoms with Crippen LogP contribution in [0.1, 0.15) is 25.3 Å². The molecule has 1 N–H and O–H groups in total. The number of benzene rings is 1. The van der Waals surface area contributed by atoms with E-state index in [4.69, 9.17) is 17.0 Å². The van der Waals surface area contributed by atoms with Gasteiger partial charge in [0.05, 0.1) is 0 Å². The molecule has 1 fully saturated rings. The van der Waals surface area contributed by atoms with E-state index in [2.05, 4.69) is 12.2 Å². The Morgan fingerprint density at radius 2 is 1.95 bits per heavy atom. The standard InChI is InChI=1S/C15H20N2O2S/c1-2-12-5-7-13(8-6-12)19-11-14(18)16-15(20)17-9-3-4-10-17/h5-8H,2-4,9-11H2,1H3,(H,16,18,20). The maximum atomic E-state index is 11.8. The summed E-state index contributed by atoms with van der Waals surface area (Å²) in [5, 5.41) is 3.22. The first-order valence-electron chi connectivity index (χ1n) is 6.99. The van der Waals surface area contributed by atoms with Gasteiger partial charge in [0.15, 0.2) is 11.7 Å². The highest BCUT2D eigenvalue weighted by molar-refractivity contribution is 7.80. The van der Waals surface area contributed by atoms with Gasteiger partial charge in [-0.25, -0.2) is 0 Å². The summed E-state index contributed by atoms with van der Waals surface area (Å²) in [7, 11) is 0. The maximum absolute atomic E-state index is 11.8. The van der Waals surface area contributed by atoms with Crippen LogP contribution in [0.15, 0.2) is 24.3 Å².